The van der Waals surface area contributed by atoms with E-state index in [0.29, 0.717) is 18.1 Å². The van der Waals surface area contributed by atoms with E-state index >= 15 is 0 Å². The topological polar surface area (TPSA) is 15.3 Å². The molecule has 1 aliphatic carbocycles. The van der Waals surface area contributed by atoms with Crippen LogP contribution in [0.15, 0.2) is 0 Å². The maximum Gasteiger partial charge on any atom is 0.0243 e. The van der Waals surface area contributed by atoms with Crippen molar-refractivity contribution >= 4 is 0 Å². The van der Waals surface area contributed by atoms with Gasteiger partial charge < -0.3 is 0 Å². The van der Waals surface area contributed by atoms with Crippen molar-refractivity contribution in [1.82, 2.24) is 10.4 Å². The zero-order valence-electron chi connectivity index (χ0n) is 12.1. The highest BCUT2D eigenvalue weighted by Crippen LogP contribution is 2.31. The van der Waals surface area contributed by atoms with E-state index in [9.17, 15) is 0 Å². The van der Waals surface area contributed by atoms with Gasteiger partial charge in [0, 0.05) is 18.1 Å². The summed E-state index contributed by atoms with van der Waals surface area (Å²) in [6.45, 7) is 9.60. The number of hydrogen-bond donors (Lipinski definition) is 1. The second-order valence-electron chi connectivity index (χ2n) is 6.54. The molecule has 2 heteroatoms. The molecule has 2 aliphatic rings. The molecule has 0 aromatic heterocycles. The van der Waals surface area contributed by atoms with Gasteiger partial charge in [0.05, 0.1) is 0 Å². The molecule has 1 aliphatic heterocycles. The molecule has 0 aromatic rings. The van der Waals surface area contributed by atoms with E-state index < -0.39 is 0 Å². The predicted octanol–water partition coefficient (Wildman–Crippen LogP) is 3.58. The minimum Gasteiger partial charge on any atom is -0.251 e. The standard InChI is InChI=1S/C15H30N2/c1-11-7-5-10-15(14(11)4)16-17-12(2)8-6-9-13(17)3/h11-16H,5-10H2,1-4H3. The van der Waals surface area contributed by atoms with Crippen LogP contribution in [0.4, 0.5) is 0 Å². The Balaban J connectivity index is 1.94. The predicted molar refractivity (Wildman–Crippen MR) is 73.7 cm³/mol. The van der Waals surface area contributed by atoms with E-state index in [1.54, 1.807) is 0 Å². The fourth-order valence-corrected chi connectivity index (χ4v) is 3.63. The van der Waals surface area contributed by atoms with Gasteiger partial charge in [-0.3, -0.25) is 5.43 Å². The lowest BCUT2D eigenvalue weighted by molar-refractivity contribution is 0.00500. The van der Waals surface area contributed by atoms with E-state index in [2.05, 4.69) is 38.1 Å². The fourth-order valence-electron chi connectivity index (χ4n) is 3.63. The van der Waals surface area contributed by atoms with Crippen LogP contribution in [0.3, 0.4) is 0 Å². The summed E-state index contributed by atoms with van der Waals surface area (Å²) in [5, 5.41) is 2.56. The number of piperidine rings is 1. The molecule has 100 valence electrons. The molecule has 0 radical (unpaired) electrons. The van der Waals surface area contributed by atoms with Crippen molar-refractivity contribution in [3.05, 3.63) is 0 Å². The van der Waals surface area contributed by atoms with Crippen molar-refractivity contribution in [3.63, 3.8) is 0 Å². The normalized spacial score (nSPS) is 44.8. The zero-order chi connectivity index (χ0) is 12.4. The molecule has 17 heavy (non-hydrogen) atoms. The molecule has 1 saturated heterocycles. The second kappa shape index (κ2) is 5.71. The highest BCUT2D eigenvalue weighted by molar-refractivity contribution is 4.85. The number of nitrogens with zero attached hydrogens (tertiary/aromatic N) is 1. The van der Waals surface area contributed by atoms with Crippen LogP contribution in [-0.4, -0.2) is 23.1 Å². The SMILES string of the molecule is CC1CCCC(NN2C(C)CCCC2C)C1C. The van der Waals surface area contributed by atoms with E-state index in [1.165, 1.54) is 38.5 Å². The first-order chi connectivity index (χ1) is 8.09. The van der Waals surface area contributed by atoms with Crippen LogP contribution in [0, 0.1) is 11.8 Å². The van der Waals surface area contributed by atoms with Crippen molar-refractivity contribution in [2.45, 2.75) is 84.3 Å². The molecule has 2 rings (SSSR count). The lowest BCUT2D eigenvalue weighted by atomic mass is 9.78. The number of rotatable bonds is 2. The Morgan fingerprint density at radius 2 is 1.41 bits per heavy atom. The van der Waals surface area contributed by atoms with Crippen LogP contribution in [0.5, 0.6) is 0 Å². The maximum absolute atomic E-state index is 3.87. The summed E-state index contributed by atoms with van der Waals surface area (Å²) in [4.78, 5) is 0. The lowest BCUT2D eigenvalue weighted by Crippen LogP contribution is -2.57. The molecule has 0 aromatic carbocycles. The van der Waals surface area contributed by atoms with Crippen molar-refractivity contribution in [3.8, 4) is 0 Å². The fraction of sp³-hybridized carbons (Fsp3) is 1.00. The Bertz CT molecular complexity index is 231. The van der Waals surface area contributed by atoms with Gasteiger partial charge in [0.2, 0.25) is 0 Å². The van der Waals surface area contributed by atoms with E-state index in [0.717, 1.165) is 11.8 Å². The third-order valence-electron chi connectivity index (χ3n) is 5.22. The molecule has 1 N–H and O–H groups in total. The summed E-state index contributed by atoms with van der Waals surface area (Å²) in [5.41, 5.74) is 3.87. The molecule has 0 bridgehead atoms. The van der Waals surface area contributed by atoms with E-state index in [1.807, 2.05) is 0 Å². The van der Waals surface area contributed by atoms with Crippen LogP contribution in [0.2, 0.25) is 0 Å². The van der Waals surface area contributed by atoms with Gasteiger partial charge in [-0.25, -0.2) is 5.01 Å². The van der Waals surface area contributed by atoms with Gasteiger partial charge in [-0.1, -0.05) is 33.1 Å². The summed E-state index contributed by atoms with van der Waals surface area (Å²) in [7, 11) is 0. The van der Waals surface area contributed by atoms with Gasteiger partial charge in [0.1, 0.15) is 0 Å². The highest BCUT2D eigenvalue weighted by atomic mass is 15.5. The lowest BCUT2D eigenvalue weighted by Gasteiger charge is -2.45. The molecule has 1 saturated carbocycles. The first-order valence-electron chi connectivity index (χ1n) is 7.64. The monoisotopic (exact) mass is 238 g/mol. The average Bonchev–Trinajstić information content (AvgIpc) is 2.29. The molecule has 0 spiro atoms. The summed E-state index contributed by atoms with van der Waals surface area (Å²) >= 11 is 0. The third kappa shape index (κ3) is 3.03. The zero-order valence-corrected chi connectivity index (χ0v) is 12.1. The van der Waals surface area contributed by atoms with Crippen LogP contribution >= 0.6 is 0 Å². The molecule has 2 nitrogen and oxygen atoms in total. The van der Waals surface area contributed by atoms with Crippen molar-refractivity contribution in [1.29, 1.82) is 0 Å². The number of hydrogen-bond acceptors (Lipinski definition) is 2. The van der Waals surface area contributed by atoms with E-state index in [-0.39, 0.29) is 0 Å². The molecule has 1 heterocycles. The Morgan fingerprint density at radius 3 is 2.06 bits per heavy atom. The third-order valence-corrected chi connectivity index (χ3v) is 5.22. The number of hydrazine groups is 1. The summed E-state index contributed by atoms with van der Waals surface area (Å²) in [5.74, 6) is 1.71. The number of nitrogens with one attached hydrogen (secondary N) is 1. The first kappa shape index (κ1) is 13.4. The van der Waals surface area contributed by atoms with Crippen molar-refractivity contribution in [2.75, 3.05) is 0 Å². The summed E-state index contributed by atoms with van der Waals surface area (Å²) in [6.07, 6.45) is 8.30. The van der Waals surface area contributed by atoms with Crippen LogP contribution in [0.1, 0.15) is 66.2 Å². The van der Waals surface area contributed by atoms with Gasteiger partial charge in [-0.15, -0.1) is 0 Å². The molecule has 0 amide bonds. The van der Waals surface area contributed by atoms with Crippen molar-refractivity contribution in [2.24, 2.45) is 11.8 Å². The average molecular weight is 238 g/mol. The molecule has 5 unspecified atom stereocenters. The van der Waals surface area contributed by atoms with Crippen LogP contribution < -0.4 is 5.43 Å². The van der Waals surface area contributed by atoms with Crippen molar-refractivity contribution < 1.29 is 0 Å². The molecule has 5 atom stereocenters. The smallest absolute Gasteiger partial charge is 0.0243 e. The Morgan fingerprint density at radius 1 is 0.824 bits per heavy atom. The Hall–Kier alpha value is -0.0800. The second-order valence-corrected chi connectivity index (χ2v) is 6.54. The Labute approximate surface area is 107 Å². The molecular formula is C15H30N2. The Kier molecular flexibility index (Phi) is 4.48. The minimum absolute atomic E-state index is 0.710. The molecule has 2 fully saturated rings. The summed E-state index contributed by atoms with van der Waals surface area (Å²) in [6, 6.07) is 2.13. The van der Waals surface area contributed by atoms with Gasteiger partial charge >= 0.3 is 0 Å². The van der Waals surface area contributed by atoms with Gasteiger partial charge in [0.15, 0.2) is 0 Å². The maximum atomic E-state index is 3.87. The minimum atomic E-state index is 0.710. The van der Waals surface area contributed by atoms with Gasteiger partial charge in [0.25, 0.3) is 0 Å². The highest BCUT2D eigenvalue weighted by Gasteiger charge is 2.32. The van der Waals surface area contributed by atoms with Gasteiger partial charge in [-0.05, 0) is 44.9 Å². The largest absolute Gasteiger partial charge is 0.251 e. The molecular weight excluding hydrogens is 208 g/mol. The summed E-state index contributed by atoms with van der Waals surface area (Å²) < 4.78 is 0. The van der Waals surface area contributed by atoms with Crippen LogP contribution in [-0.2, 0) is 0 Å². The quantitative estimate of drug-likeness (QED) is 0.791. The van der Waals surface area contributed by atoms with Crippen LogP contribution in [0.25, 0.3) is 0 Å². The van der Waals surface area contributed by atoms with E-state index in [4.69, 9.17) is 0 Å². The van der Waals surface area contributed by atoms with Gasteiger partial charge in [-0.2, -0.15) is 0 Å². The first-order valence-corrected chi connectivity index (χ1v) is 7.64.